The molecule has 9 heteroatoms. The van der Waals surface area contributed by atoms with Crippen LogP contribution < -0.4 is 10.6 Å². The van der Waals surface area contributed by atoms with Gasteiger partial charge in [-0.3, -0.25) is 9.89 Å². The molecule has 176 valence electrons. The molecule has 2 fully saturated rings. The molecule has 0 spiro atoms. The van der Waals surface area contributed by atoms with Crippen molar-refractivity contribution in [3.8, 4) is 0 Å². The summed E-state index contributed by atoms with van der Waals surface area (Å²) in [5, 5.41) is 7.01. The first-order valence-corrected chi connectivity index (χ1v) is 11.1. The summed E-state index contributed by atoms with van der Waals surface area (Å²) in [4.78, 5) is 23.3. The van der Waals surface area contributed by atoms with E-state index in [4.69, 9.17) is 4.74 Å². The maximum Gasteiger partial charge on any atom is 0.410 e. The maximum absolute atomic E-state index is 12.2. The van der Waals surface area contributed by atoms with Gasteiger partial charge in [-0.2, -0.15) is 0 Å². The average Bonchev–Trinajstić information content (AvgIpc) is 2.66. The zero-order valence-electron chi connectivity index (χ0n) is 19.7. The number of carbonyl (C=O) groups is 1. The first kappa shape index (κ1) is 27.2. The van der Waals surface area contributed by atoms with Crippen molar-refractivity contribution in [2.45, 2.75) is 65.1 Å². The highest BCUT2D eigenvalue weighted by Gasteiger charge is 2.26. The number of nitrogens with one attached hydrogen (secondary N) is 2. The summed E-state index contributed by atoms with van der Waals surface area (Å²) in [6.07, 6.45) is 2.11. The number of halogens is 1. The number of aliphatic imine (C=N–C) groups is 1. The Bertz CT molecular complexity index is 536. The van der Waals surface area contributed by atoms with Gasteiger partial charge in [0.05, 0.1) is 0 Å². The van der Waals surface area contributed by atoms with Crippen LogP contribution in [0.25, 0.3) is 0 Å². The number of amides is 1. The number of rotatable bonds is 5. The molecular weight excluding hydrogens is 495 g/mol. The molecule has 1 amide bonds. The van der Waals surface area contributed by atoms with Crippen molar-refractivity contribution < 1.29 is 9.53 Å². The lowest BCUT2D eigenvalue weighted by molar-refractivity contribution is 0.0147. The van der Waals surface area contributed by atoms with Gasteiger partial charge in [0.1, 0.15) is 5.60 Å². The molecule has 8 nitrogen and oxygen atoms in total. The molecule has 2 rings (SSSR count). The topological polar surface area (TPSA) is 72.4 Å². The van der Waals surface area contributed by atoms with E-state index in [0.717, 1.165) is 71.2 Å². The Kier molecular flexibility index (Phi) is 11.7. The van der Waals surface area contributed by atoms with Crippen LogP contribution in [0.15, 0.2) is 4.99 Å². The van der Waals surface area contributed by atoms with E-state index in [1.54, 1.807) is 4.90 Å². The first-order chi connectivity index (χ1) is 13.7. The van der Waals surface area contributed by atoms with Gasteiger partial charge in [-0.25, -0.2) is 4.79 Å². The summed E-state index contributed by atoms with van der Waals surface area (Å²) in [6, 6.07) is 1.12. The third kappa shape index (κ3) is 9.55. The van der Waals surface area contributed by atoms with E-state index in [9.17, 15) is 4.79 Å². The molecule has 0 aliphatic carbocycles. The molecule has 0 aromatic carbocycles. The van der Waals surface area contributed by atoms with Crippen LogP contribution in [0.4, 0.5) is 4.79 Å². The normalized spacial score (nSPS) is 20.1. The van der Waals surface area contributed by atoms with Crippen LogP contribution in [0.3, 0.4) is 0 Å². The van der Waals surface area contributed by atoms with Gasteiger partial charge in [-0.15, -0.1) is 24.0 Å². The fraction of sp³-hybridized carbons (Fsp3) is 0.905. The minimum Gasteiger partial charge on any atom is -0.444 e. The van der Waals surface area contributed by atoms with E-state index in [2.05, 4.69) is 39.3 Å². The first-order valence-electron chi connectivity index (χ1n) is 11.1. The molecule has 0 radical (unpaired) electrons. The summed E-state index contributed by atoms with van der Waals surface area (Å²) in [6.45, 7) is 17.5. The zero-order chi connectivity index (χ0) is 21.4. The van der Waals surface area contributed by atoms with E-state index < -0.39 is 5.60 Å². The number of guanidine groups is 1. The average molecular weight is 539 g/mol. The number of hydrogen-bond donors (Lipinski definition) is 2. The van der Waals surface area contributed by atoms with Crippen molar-refractivity contribution in [2.75, 3.05) is 59.4 Å². The number of piperidine rings is 1. The molecule has 2 saturated heterocycles. The highest BCUT2D eigenvalue weighted by atomic mass is 127. The number of carbonyl (C=O) groups excluding carboxylic acids is 1. The van der Waals surface area contributed by atoms with E-state index in [0.29, 0.717) is 12.1 Å². The molecule has 2 N–H and O–H groups in total. The Morgan fingerprint density at radius 1 is 1.10 bits per heavy atom. The fourth-order valence-electron chi connectivity index (χ4n) is 3.76. The summed E-state index contributed by atoms with van der Waals surface area (Å²) in [5.74, 6) is 0.889. The highest BCUT2D eigenvalue weighted by Crippen LogP contribution is 2.13. The quantitative estimate of drug-likeness (QED) is 0.318. The Morgan fingerprint density at radius 3 is 2.20 bits per heavy atom. The molecule has 0 unspecified atom stereocenters. The van der Waals surface area contributed by atoms with Crippen molar-refractivity contribution in [3.05, 3.63) is 0 Å². The van der Waals surface area contributed by atoms with E-state index in [1.807, 2.05) is 27.8 Å². The SMILES string of the molecule is CN=C(NCCN1CCN(C(=O)OC(C)(C)C)CC1)NC1CCN(C(C)C)CC1.I. The number of hydrogen-bond acceptors (Lipinski definition) is 5. The molecule has 0 bridgehead atoms. The lowest BCUT2D eigenvalue weighted by atomic mass is 10.0. The van der Waals surface area contributed by atoms with Crippen LogP contribution in [0.1, 0.15) is 47.5 Å². The Hall–Kier alpha value is -0.810. The fourth-order valence-corrected chi connectivity index (χ4v) is 3.76. The summed E-state index contributed by atoms with van der Waals surface area (Å²) < 4.78 is 5.46. The number of piperazine rings is 1. The van der Waals surface area contributed by atoms with Crippen LogP contribution >= 0.6 is 24.0 Å². The van der Waals surface area contributed by atoms with Gasteiger partial charge in [0.2, 0.25) is 0 Å². The molecule has 0 saturated carbocycles. The maximum atomic E-state index is 12.2. The standard InChI is InChI=1S/C21H42N6O2.HI/c1-17(2)26-10-7-18(8-11-26)24-19(22-6)23-9-12-25-13-15-27(16-14-25)20(28)29-21(3,4)5;/h17-18H,7-16H2,1-6H3,(H2,22,23,24);1H. The predicted octanol–water partition coefficient (Wildman–Crippen LogP) is 2.19. The third-order valence-electron chi connectivity index (χ3n) is 5.57. The van der Waals surface area contributed by atoms with Crippen LogP contribution in [-0.4, -0.2) is 104 Å². The minimum absolute atomic E-state index is 0. The number of likely N-dealkylation sites (tertiary alicyclic amines) is 1. The third-order valence-corrected chi connectivity index (χ3v) is 5.57. The van der Waals surface area contributed by atoms with Gasteiger partial charge in [0.15, 0.2) is 5.96 Å². The van der Waals surface area contributed by atoms with Crippen molar-refractivity contribution in [2.24, 2.45) is 4.99 Å². The molecule has 0 aromatic heterocycles. The van der Waals surface area contributed by atoms with Gasteiger partial charge < -0.3 is 25.2 Å². The Morgan fingerprint density at radius 2 is 1.70 bits per heavy atom. The molecule has 0 aromatic rings. The molecule has 2 aliphatic rings. The van der Waals surface area contributed by atoms with Crippen LogP contribution in [0.5, 0.6) is 0 Å². The van der Waals surface area contributed by atoms with E-state index >= 15 is 0 Å². The van der Waals surface area contributed by atoms with Crippen molar-refractivity contribution >= 4 is 36.0 Å². The number of ether oxygens (including phenoxy) is 1. The van der Waals surface area contributed by atoms with Gasteiger partial charge in [0.25, 0.3) is 0 Å². The predicted molar refractivity (Wildman–Crippen MR) is 134 cm³/mol. The second kappa shape index (κ2) is 12.9. The second-order valence-corrected chi connectivity index (χ2v) is 9.36. The van der Waals surface area contributed by atoms with Gasteiger partial charge >= 0.3 is 6.09 Å². The monoisotopic (exact) mass is 538 g/mol. The summed E-state index contributed by atoms with van der Waals surface area (Å²) >= 11 is 0. The van der Waals surface area contributed by atoms with Gasteiger partial charge in [-0.1, -0.05) is 0 Å². The van der Waals surface area contributed by atoms with Gasteiger partial charge in [-0.05, 0) is 47.5 Å². The summed E-state index contributed by atoms with van der Waals surface area (Å²) in [5.41, 5.74) is -0.438. The molecule has 2 heterocycles. The van der Waals surface area contributed by atoms with E-state index in [-0.39, 0.29) is 30.1 Å². The second-order valence-electron chi connectivity index (χ2n) is 9.36. The Labute approximate surface area is 200 Å². The minimum atomic E-state index is -0.438. The lowest BCUT2D eigenvalue weighted by Crippen LogP contribution is -2.53. The zero-order valence-corrected chi connectivity index (χ0v) is 22.1. The van der Waals surface area contributed by atoms with Crippen molar-refractivity contribution in [1.29, 1.82) is 0 Å². The summed E-state index contributed by atoms with van der Waals surface area (Å²) in [7, 11) is 1.83. The molecular formula is C21H43IN6O2. The lowest BCUT2D eigenvalue weighted by Gasteiger charge is -2.36. The largest absolute Gasteiger partial charge is 0.444 e. The smallest absolute Gasteiger partial charge is 0.410 e. The van der Waals surface area contributed by atoms with Gasteiger partial charge in [0, 0.05) is 71.5 Å². The molecule has 2 aliphatic heterocycles. The van der Waals surface area contributed by atoms with Crippen molar-refractivity contribution in [3.63, 3.8) is 0 Å². The Balaban J connectivity index is 0.00000450. The molecule has 0 atom stereocenters. The number of nitrogens with zero attached hydrogens (tertiary/aromatic N) is 4. The van der Waals surface area contributed by atoms with Crippen LogP contribution in [0, 0.1) is 0 Å². The highest BCUT2D eigenvalue weighted by molar-refractivity contribution is 14.0. The van der Waals surface area contributed by atoms with E-state index in [1.165, 1.54) is 0 Å². The van der Waals surface area contributed by atoms with Crippen molar-refractivity contribution in [1.82, 2.24) is 25.3 Å². The molecule has 30 heavy (non-hydrogen) atoms. The van der Waals surface area contributed by atoms with Crippen LogP contribution in [-0.2, 0) is 4.74 Å². The van der Waals surface area contributed by atoms with Crippen LogP contribution in [0.2, 0.25) is 0 Å².